The van der Waals surface area contributed by atoms with Crippen molar-refractivity contribution in [2.45, 2.75) is 13.5 Å². The summed E-state index contributed by atoms with van der Waals surface area (Å²) in [5.41, 5.74) is 2.60. The molecular formula is C21H22N6O3. The van der Waals surface area contributed by atoms with Crippen molar-refractivity contribution < 1.29 is 13.9 Å². The second kappa shape index (κ2) is 8.75. The van der Waals surface area contributed by atoms with Crippen LogP contribution in [0.15, 0.2) is 59.5 Å². The van der Waals surface area contributed by atoms with E-state index in [4.69, 9.17) is 9.15 Å². The number of nitrogens with one attached hydrogen (secondary N) is 1. The monoisotopic (exact) mass is 406 g/mol. The van der Waals surface area contributed by atoms with Gasteiger partial charge in [0, 0.05) is 32.2 Å². The van der Waals surface area contributed by atoms with E-state index in [1.807, 2.05) is 38.4 Å². The van der Waals surface area contributed by atoms with Crippen LogP contribution in [0.5, 0.6) is 0 Å². The largest absolute Gasteiger partial charge is 0.451 e. The highest BCUT2D eigenvalue weighted by atomic mass is 16.5. The lowest BCUT2D eigenvalue weighted by Crippen LogP contribution is -2.11. The zero-order valence-corrected chi connectivity index (χ0v) is 16.8. The first-order chi connectivity index (χ1) is 14.6. The SMILES string of the molecule is CCOCCn1cc(NC(=O)c2ccc(-c3cnn(C)c3)o2)c(-c2ccccn2)n1. The van der Waals surface area contributed by atoms with Gasteiger partial charge in [0.25, 0.3) is 5.91 Å². The van der Waals surface area contributed by atoms with Gasteiger partial charge in [-0.1, -0.05) is 6.07 Å². The van der Waals surface area contributed by atoms with Gasteiger partial charge in [-0.15, -0.1) is 0 Å². The number of hydrogen-bond acceptors (Lipinski definition) is 6. The predicted molar refractivity (Wildman–Crippen MR) is 111 cm³/mol. The molecule has 1 amide bonds. The molecule has 0 aromatic carbocycles. The molecule has 154 valence electrons. The van der Waals surface area contributed by atoms with Gasteiger partial charge in [-0.2, -0.15) is 10.2 Å². The minimum absolute atomic E-state index is 0.197. The Labute approximate surface area is 173 Å². The third kappa shape index (κ3) is 4.31. The maximum Gasteiger partial charge on any atom is 0.291 e. The van der Waals surface area contributed by atoms with E-state index in [0.29, 0.717) is 42.6 Å². The minimum Gasteiger partial charge on any atom is -0.451 e. The van der Waals surface area contributed by atoms with Crippen molar-refractivity contribution in [3.05, 3.63) is 60.9 Å². The lowest BCUT2D eigenvalue weighted by molar-refractivity contribution is 0.0997. The number of pyridine rings is 1. The van der Waals surface area contributed by atoms with Crippen LogP contribution < -0.4 is 5.32 Å². The van der Waals surface area contributed by atoms with Gasteiger partial charge in [0.2, 0.25) is 0 Å². The van der Waals surface area contributed by atoms with Crippen LogP contribution in [-0.4, -0.2) is 43.7 Å². The van der Waals surface area contributed by atoms with E-state index in [1.54, 1.807) is 40.1 Å². The number of carbonyl (C=O) groups excluding carboxylic acids is 1. The van der Waals surface area contributed by atoms with Crippen LogP contribution in [-0.2, 0) is 18.3 Å². The number of rotatable bonds is 8. The molecule has 0 unspecified atom stereocenters. The predicted octanol–water partition coefficient (Wildman–Crippen LogP) is 3.23. The summed E-state index contributed by atoms with van der Waals surface area (Å²) < 4.78 is 14.5. The number of furan rings is 1. The zero-order valence-electron chi connectivity index (χ0n) is 16.8. The maximum atomic E-state index is 12.8. The van der Waals surface area contributed by atoms with Crippen molar-refractivity contribution in [1.82, 2.24) is 24.5 Å². The topological polar surface area (TPSA) is 100 Å². The van der Waals surface area contributed by atoms with Gasteiger partial charge in [-0.25, -0.2) is 0 Å². The number of hydrogen-bond donors (Lipinski definition) is 1. The Kier molecular flexibility index (Phi) is 5.71. The lowest BCUT2D eigenvalue weighted by Gasteiger charge is -2.03. The summed E-state index contributed by atoms with van der Waals surface area (Å²) in [5, 5.41) is 11.6. The van der Waals surface area contributed by atoms with E-state index >= 15 is 0 Å². The summed E-state index contributed by atoms with van der Waals surface area (Å²) in [7, 11) is 1.82. The molecule has 4 aromatic rings. The highest BCUT2D eigenvalue weighted by Crippen LogP contribution is 2.26. The lowest BCUT2D eigenvalue weighted by atomic mass is 10.2. The van der Waals surface area contributed by atoms with Crippen LogP contribution in [0.1, 0.15) is 17.5 Å². The molecule has 4 rings (SSSR count). The summed E-state index contributed by atoms with van der Waals surface area (Å²) in [5.74, 6) is 0.403. The highest BCUT2D eigenvalue weighted by molar-refractivity contribution is 6.04. The van der Waals surface area contributed by atoms with Crippen LogP contribution >= 0.6 is 0 Å². The molecule has 0 saturated carbocycles. The van der Waals surface area contributed by atoms with Gasteiger partial charge in [-0.3, -0.25) is 19.1 Å². The van der Waals surface area contributed by atoms with Crippen LogP contribution in [0.25, 0.3) is 22.7 Å². The third-order valence-electron chi connectivity index (χ3n) is 4.41. The Hall–Kier alpha value is -3.72. The fourth-order valence-electron chi connectivity index (χ4n) is 2.97. The number of amides is 1. The fraction of sp³-hybridized carbons (Fsp3) is 0.238. The Balaban J connectivity index is 1.57. The summed E-state index contributed by atoms with van der Waals surface area (Å²) >= 11 is 0. The minimum atomic E-state index is -0.369. The second-order valence-electron chi connectivity index (χ2n) is 6.59. The van der Waals surface area contributed by atoms with Crippen molar-refractivity contribution in [1.29, 1.82) is 0 Å². The van der Waals surface area contributed by atoms with Gasteiger partial charge < -0.3 is 14.5 Å². The van der Waals surface area contributed by atoms with Crippen molar-refractivity contribution >= 4 is 11.6 Å². The summed E-state index contributed by atoms with van der Waals surface area (Å²) in [6, 6.07) is 8.93. The molecule has 0 saturated heterocycles. The molecular weight excluding hydrogens is 384 g/mol. The molecule has 0 aliphatic heterocycles. The third-order valence-corrected chi connectivity index (χ3v) is 4.41. The average Bonchev–Trinajstić information content (AvgIpc) is 3.48. The van der Waals surface area contributed by atoms with E-state index < -0.39 is 0 Å². The summed E-state index contributed by atoms with van der Waals surface area (Å²) in [6.45, 7) is 3.67. The number of aryl methyl sites for hydroxylation is 1. The zero-order chi connectivity index (χ0) is 20.9. The summed E-state index contributed by atoms with van der Waals surface area (Å²) in [4.78, 5) is 17.2. The highest BCUT2D eigenvalue weighted by Gasteiger charge is 2.18. The van der Waals surface area contributed by atoms with Gasteiger partial charge in [0.05, 0.1) is 36.3 Å². The number of aromatic nitrogens is 5. The van der Waals surface area contributed by atoms with E-state index in [-0.39, 0.29) is 11.7 Å². The molecule has 0 spiro atoms. The van der Waals surface area contributed by atoms with Gasteiger partial charge in [0.15, 0.2) is 5.76 Å². The number of ether oxygens (including phenoxy) is 1. The Morgan fingerprint density at radius 1 is 1.23 bits per heavy atom. The molecule has 0 atom stereocenters. The first-order valence-corrected chi connectivity index (χ1v) is 9.61. The van der Waals surface area contributed by atoms with Crippen LogP contribution in [0.3, 0.4) is 0 Å². The normalized spacial score (nSPS) is 11.0. The summed E-state index contributed by atoms with van der Waals surface area (Å²) in [6.07, 6.45) is 6.96. The van der Waals surface area contributed by atoms with E-state index in [2.05, 4.69) is 20.5 Å². The van der Waals surface area contributed by atoms with Gasteiger partial charge in [-0.05, 0) is 31.2 Å². The molecule has 1 N–H and O–H groups in total. The van der Waals surface area contributed by atoms with Crippen LogP contribution in [0.4, 0.5) is 5.69 Å². The second-order valence-corrected chi connectivity index (χ2v) is 6.59. The molecule has 30 heavy (non-hydrogen) atoms. The maximum absolute atomic E-state index is 12.8. The fourth-order valence-corrected chi connectivity index (χ4v) is 2.97. The molecule has 9 heteroatoms. The number of anilines is 1. The molecule has 0 radical (unpaired) electrons. The van der Waals surface area contributed by atoms with Crippen LogP contribution in [0, 0.1) is 0 Å². The first-order valence-electron chi connectivity index (χ1n) is 9.61. The molecule has 0 aliphatic carbocycles. The van der Waals surface area contributed by atoms with E-state index in [1.165, 1.54) is 0 Å². The Morgan fingerprint density at radius 3 is 2.87 bits per heavy atom. The van der Waals surface area contributed by atoms with E-state index in [0.717, 1.165) is 5.56 Å². The molecule has 9 nitrogen and oxygen atoms in total. The Bertz CT molecular complexity index is 1130. The molecule has 4 aromatic heterocycles. The quantitative estimate of drug-likeness (QED) is 0.451. The van der Waals surface area contributed by atoms with Crippen molar-refractivity contribution in [3.63, 3.8) is 0 Å². The van der Waals surface area contributed by atoms with Gasteiger partial charge in [0.1, 0.15) is 11.5 Å². The molecule has 0 aliphatic rings. The smallest absolute Gasteiger partial charge is 0.291 e. The van der Waals surface area contributed by atoms with Crippen molar-refractivity contribution in [3.8, 4) is 22.7 Å². The van der Waals surface area contributed by atoms with Crippen molar-refractivity contribution in [2.24, 2.45) is 7.05 Å². The molecule has 0 fully saturated rings. The molecule has 4 heterocycles. The number of carbonyl (C=O) groups is 1. The van der Waals surface area contributed by atoms with E-state index in [9.17, 15) is 4.79 Å². The molecule has 0 bridgehead atoms. The Morgan fingerprint density at radius 2 is 2.13 bits per heavy atom. The standard InChI is InChI=1S/C21H22N6O3/c1-3-29-11-10-27-14-17(20(25-27)16-6-4-5-9-22-16)24-21(28)19-8-7-18(30-19)15-12-23-26(2)13-15/h4-9,12-14H,3,10-11H2,1-2H3,(H,24,28). The van der Waals surface area contributed by atoms with Gasteiger partial charge >= 0.3 is 0 Å². The average molecular weight is 406 g/mol. The van der Waals surface area contributed by atoms with Crippen molar-refractivity contribution in [2.75, 3.05) is 18.5 Å². The van der Waals surface area contributed by atoms with Crippen LogP contribution in [0.2, 0.25) is 0 Å². The first kappa shape index (κ1) is 19.6. The number of nitrogens with zero attached hydrogens (tertiary/aromatic N) is 5.